The molecule has 1 N–H and O–H groups in total. The standard InChI is InChI=1S/C7H12O.C5H9N/c1-7(2,3)5-4-6-8;1-5(2,3)4-6/h8H,6H2,1-3H3;1-3H3. The van der Waals surface area contributed by atoms with E-state index < -0.39 is 0 Å². The molecular weight excluding hydrogens is 174 g/mol. The van der Waals surface area contributed by atoms with Gasteiger partial charge in [-0.25, -0.2) is 0 Å². The van der Waals surface area contributed by atoms with E-state index in [1.165, 1.54) is 0 Å². The van der Waals surface area contributed by atoms with Crippen molar-refractivity contribution >= 4 is 0 Å². The highest BCUT2D eigenvalue weighted by Crippen LogP contribution is 2.09. The average molecular weight is 195 g/mol. The second kappa shape index (κ2) is 6.46. The van der Waals surface area contributed by atoms with E-state index in [1.54, 1.807) is 0 Å². The van der Waals surface area contributed by atoms with Crippen molar-refractivity contribution in [2.45, 2.75) is 41.5 Å². The first-order chi connectivity index (χ1) is 6.12. The van der Waals surface area contributed by atoms with Gasteiger partial charge in [0.15, 0.2) is 0 Å². The lowest BCUT2D eigenvalue weighted by molar-refractivity contribution is 0.350. The maximum absolute atomic E-state index is 8.26. The van der Waals surface area contributed by atoms with Crippen LogP contribution in [-0.2, 0) is 0 Å². The Morgan fingerprint density at radius 2 is 1.36 bits per heavy atom. The van der Waals surface area contributed by atoms with E-state index in [4.69, 9.17) is 10.4 Å². The second-order valence-electron chi connectivity index (χ2n) is 5.07. The minimum absolute atomic E-state index is 0.0305. The van der Waals surface area contributed by atoms with E-state index in [9.17, 15) is 0 Å². The summed E-state index contributed by atoms with van der Waals surface area (Å²) in [5, 5.41) is 16.4. The lowest BCUT2D eigenvalue weighted by Gasteiger charge is -2.05. The summed E-state index contributed by atoms with van der Waals surface area (Å²) < 4.78 is 0. The van der Waals surface area contributed by atoms with Crippen LogP contribution in [0.3, 0.4) is 0 Å². The molecule has 0 bridgehead atoms. The molecular formula is C12H21NO. The van der Waals surface area contributed by atoms with Gasteiger partial charge in [0.25, 0.3) is 0 Å². The smallest absolute Gasteiger partial charge is 0.104 e. The molecule has 0 spiro atoms. The number of nitrogens with zero attached hydrogens (tertiary/aromatic N) is 1. The minimum Gasteiger partial charge on any atom is -0.384 e. The van der Waals surface area contributed by atoms with E-state index in [0.717, 1.165) is 0 Å². The number of hydrogen-bond acceptors (Lipinski definition) is 2. The maximum atomic E-state index is 8.26. The third kappa shape index (κ3) is 22.5. The highest BCUT2D eigenvalue weighted by Gasteiger charge is 2.04. The number of hydrogen-bond donors (Lipinski definition) is 1. The van der Waals surface area contributed by atoms with Crippen molar-refractivity contribution in [1.29, 1.82) is 5.26 Å². The fraction of sp³-hybridized carbons (Fsp3) is 0.750. The largest absolute Gasteiger partial charge is 0.384 e. The highest BCUT2D eigenvalue weighted by molar-refractivity contribution is 5.06. The Bertz CT molecular complexity index is 237. The Morgan fingerprint density at radius 1 is 1.00 bits per heavy atom. The molecule has 0 radical (unpaired) electrons. The van der Waals surface area contributed by atoms with Gasteiger partial charge in [0.05, 0.1) is 6.07 Å². The van der Waals surface area contributed by atoms with Gasteiger partial charge in [-0.05, 0) is 41.5 Å². The fourth-order valence-corrected chi connectivity index (χ4v) is 0.305. The van der Waals surface area contributed by atoms with Crippen LogP contribution >= 0.6 is 0 Å². The molecule has 0 aromatic rings. The summed E-state index contributed by atoms with van der Waals surface area (Å²) in [6.07, 6.45) is 0. The molecule has 2 nitrogen and oxygen atoms in total. The van der Waals surface area contributed by atoms with E-state index in [2.05, 4.69) is 17.9 Å². The van der Waals surface area contributed by atoms with Crippen molar-refractivity contribution in [2.24, 2.45) is 10.8 Å². The maximum Gasteiger partial charge on any atom is 0.104 e. The van der Waals surface area contributed by atoms with Crippen LogP contribution in [0.5, 0.6) is 0 Å². The summed E-state index contributed by atoms with van der Waals surface area (Å²) in [4.78, 5) is 0. The van der Waals surface area contributed by atoms with E-state index in [1.807, 2.05) is 41.5 Å². The zero-order valence-electron chi connectivity index (χ0n) is 10.1. The summed E-state index contributed by atoms with van der Waals surface area (Å²) in [6, 6.07) is 2.10. The van der Waals surface area contributed by atoms with Crippen LogP contribution in [0.25, 0.3) is 0 Å². The predicted octanol–water partition coefficient (Wildman–Crippen LogP) is 2.58. The van der Waals surface area contributed by atoms with E-state index >= 15 is 0 Å². The van der Waals surface area contributed by atoms with Crippen LogP contribution < -0.4 is 0 Å². The molecule has 0 heterocycles. The van der Waals surface area contributed by atoms with Gasteiger partial charge in [-0.1, -0.05) is 11.8 Å². The molecule has 0 aromatic carbocycles. The van der Waals surface area contributed by atoms with Gasteiger partial charge in [-0.2, -0.15) is 5.26 Å². The average Bonchev–Trinajstić information content (AvgIpc) is 1.99. The predicted molar refractivity (Wildman–Crippen MR) is 59.4 cm³/mol. The third-order valence-corrected chi connectivity index (χ3v) is 0.878. The Balaban J connectivity index is 0. The molecule has 0 aliphatic rings. The number of nitriles is 1. The van der Waals surface area contributed by atoms with Crippen molar-refractivity contribution in [1.82, 2.24) is 0 Å². The number of rotatable bonds is 0. The van der Waals surface area contributed by atoms with Gasteiger partial charge >= 0.3 is 0 Å². The fourth-order valence-electron chi connectivity index (χ4n) is 0.305. The molecule has 0 amide bonds. The third-order valence-electron chi connectivity index (χ3n) is 0.878. The van der Waals surface area contributed by atoms with Gasteiger partial charge in [-0.15, -0.1) is 0 Å². The molecule has 0 saturated carbocycles. The summed E-state index contributed by atoms with van der Waals surface area (Å²) in [6.45, 7) is 11.6. The van der Waals surface area contributed by atoms with Gasteiger partial charge in [0, 0.05) is 10.8 Å². The van der Waals surface area contributed by atoms with E-state index in [0.29, 0.717) is 0 Å². The number of aliphatic hydroxyl groups is 1. The first-order valence-electron chi connectivity index (χ1n) is 4.64. The Morgan fingerprint density at radius 3 is 1.43 bits per heavy atom. The lowest BCUT2D eigenvalue weighted by atomic mass is 9.98. The highest BCUT2D eigenvalue weighted by atomic mass is 16.2. The monoisotopic (exact) mass is 195 g/mol. The van der Waals surface area contributed by atoms with Crippen LogP contribution in [-0.4, -0.2) is 11.7 Å². The molecule has 0 aliphatic heterocycles. The number of aliphatic hydroxyl groups excluding tert-OH is 1. The Hall–Kier alpha value is -0.990. The molecule has 80 valence electrons. The van der Waals surface area contributed by atoms with Gasteiger partial charge in [0.1, 0.15) is 6.61 Å². The first-order valence-corrected chi connectivity index (χ1v) is 4.64. The normalized spacial score (nSPS) is 10.1. The summed E-state index contributed by atoms with van der Waals surface area (Å²) in [7, 11) is 0. The Kier molecular flexibility index (Phi) is 7.15. The first kappa shape index (κ1) is 15.5. The molecule has 0 rings (SSSR count). The van der Waals surface area contributed by atoms with Crippen molar-refractivity contribution in [3.8, 4) is 17.9 Å². The topological polar surface area (TPSA) is 44.0 Å². The summed E-state index contributed by atoms with van der Waals surface area (Å²) >= 11 is 0. The van der Waals surface area contributed by atoms with Crippen LogP contribution in [0.1, 0.15) is 41.5 Å². The zero-order chi connectivity index (χ0) is 11.8. The van der Waals surface area contributed by atoms with Gasteiger partial charge < -0.3 is 5.11 Å². The Labute approximate surface area is 87.9 Å². The molecule has 0 aliphatic carbocycles. The molecule has 2 heteroatoms. The molecule has 0 saturated heterocycles. The van der Waals surface area contributed by atoms with Crippen molar-refractivity contribution in [3.63, 3.8) is 0 Å². The second-order valence-corrected chi connectivity index (χ2v) is 5.07. The van der Waals surface area contributed by atoms with Gasteiger partial charge in [-0.3, -0.25) is 0 Å². The van der Waals surface area contributed by atoms with E-state index in [-0.39, 0.29) is 17.4 Å². The summed E-state index contributed by atoms with van der Waals surface area (Å²) in [5.41, 5.74) is -0.122. The van der Waals surface area contributed by atoms with Crippen LogP contribution in [0.15, 0.2) is 0 Å². The molecule has 14 heavy (non-hydrogen) atoms. The molecule has 0 unspecified atom stereocenters. The van der Waals surface area contributed by atoms with Gasteiger partial charge in [0.2, 0.25) is 0 Å². The quantitative estimate of drug-likeness (QED) is 0.604. The van der Waals surface area contributed by atoms with Crippen LogP contribution in [0.4, 0.5) is 0 Å². The van der Waals surface area contributed by atoms with Crippen molar-refractivity contribution in [3.05, 3.63) is 0 Å². The SMILES string of the molecule is CC(C)(C)C#CCO.CC(C)(C)C#N. The molecule has 0 atom stereocenters. The summed E-state index contributed by atoms with van der Waals surface area (Å²) in [5.74, 6) is 5.47. The molecule has 0 aromatic heterocycles. The van der Waals surface area contributed by atoms with Crippen molar-refractivity contribution in [2.75, 3.05) is 6.61 Å². The zero-order valence-corrected chi connectivity index (χ0v) is 10.1. The molecule has 0 fully saturated rings. The van der Waals surface area contributed by atoms with Crippen molar-refractivity contribution < 1.29 is 5.11 Å². The lowest BCUT2D eigenvalue weighted by Crippen LogP contribution is -1.99. The minimum atomic E-state index is -0.153. The van der Waals surface area contributed by atoms with Crippen LogP contribution in [0.2, 0.25) is 0 Å². The van der Waals surface area contributed by atoms with Crippen LogP contribution in [0, 0.1) is 34.0 Å².